The van der Waals surface area contributed by atoms with Crippen LogP contribution in [0.15, 0.2) is 60.2 Å². The molecule has 0 aromatic heterocycles. The van der Waals surface area contributed by atoms with Gasteiger partial charge in [-0.05, 0) is 30.5 Å². The van der Waals surface area contributed by atoms with Crippen LogP contribution in [-0.4, -0.2) is 11.1 Å². The summed E-state index contributed by atoms with van der Waals surface area (Å²) in [6, 6.07) is 17.5. The summed E-state index contributed by atoms with van der Waals surface area (Å²) < 4.78 is 0. The van der Waals surface area contributed by atoms with Crippen LogP contribution in [0, 0.1) is 6.92 Å². The van der Waals surface area contributed by atoms with Gasteiger partial charge >= 0.3 is 5.97 Å². The maximum absolute atomic E-state index is 11.3. The van der Waals surface area contributed by atoms with Gasteiger partial charge in [-0.1, -0.05) is 60.2 Å². The molecule has 0 aliphatic carbocycles. The lowest BCUT2D eigenvalue weighted by molar-refractivity contribution is -0.132. The van der Waals surface area contributed by atoms with Crippen LogP contribution in [0.4, 0.5) is 0 Å². The van der Waals surface area contributed by atoms with Gasteiger partial charge in [-0.15, -0.1) is 0 Å². The van der Waals surface area contributed by atoms with Crippen molar-refractivity contribution in [3.63, 3.8) is 0 Å². The van der Waals surface area contributed by atoms with E-state index in [2.05, 4.69) is 0 Å². The molecule has 0 radical (unpaired) electrons. The molecule has 0 heterocycles. The van der Waals surface area contributed by atoms with Crippen molar-refractivity contribution in [3.05, 3.63) is 76.9 Å². The zero-order valence-electron chi connectivity index (χ0n) is 11.1. The fraction of sp³-hybridized carbons (Fsp3) is 0.118. The lowest BCUT2D eigenvalue weighted by Gasteiger charge is -2.11. The molecule has 0 aliphatic rings. The molecular formula is C17H16O2. The van der Waals surface area contributed by atoms with Crippen LogP contribution in [0.3, 0.4) is 0 Å². The highest BCUT2D eigenvalue weighted by atomic mass is 16.4. The number of hydrogen-bond donors (Lipinski definition) is 1. The van der Waals surface area contributed by atoms with Gasteiger partial charge in [0.15, 0.2) is 0 Å². The minimum atomic E-state index is -0.889. The van der Waals surface area contributed by atoms with Gasteiger partial charge in [0.1, 0.15) is 0 Å². The molecule has 0 bridgehead atoms. The second kappa shape index (κ2) is 5.53. The second-order valence-electron chi connectivity index (χ2n) is 4.54. The number of hydrogen-bond acceptors (Lipinski definition) is 1. The summed E-state index contributed by atoms with van der Waals surface area (Å²) in [6.07, 6.45) is 0. The smallest absolute Gasteiger partial charge is 0.331 e. The van der Waals surface area contributed by atoms with E-state index in [0.29, 0.717) is 5.57 Å². The van der Waals surface area contributed by atoms with Crippen molar-refractivity contribution < 1.29 is 9.90 Å². The van der Waals surface area contributed by atoms with Gasteiger partial charge in [0.05, 0.1) is 0 Å². The van der Waals surface area contributed by atoms with Crippen molar-refractivity contribution in [1.82, 2.24) is 0 Å². The minimum absolute atomic E-state index is 0.357. The standard InChI is InChI=1S/C17H16O2/c1-12-8-10-15(11-9-12)16(13(2)17(18)19)14-6-4-3-5-7-14/h3-11H,1-2H3,(H,18,19)/b16-13+. The van der Waals surface area contributed by atoms with E-state index in [1.165, 1.54) is 0 Å². The topological polar surface area (TPSA) is 37.3 Å². The quantitative estimate of drug-likeness (QED) is 0.841. The van der Waals surface area contributed by atoms with E-state index in [4.69, 9.17) is 0 Å². The SMILES string of the molecule is C/C(C(=O)O)=C(/c1ccccc1)c1ccc(C)cc1. The number of benzene rings is 2. The fourth-order valence-corrected chi connectivity index (χ4v) is 2.03. The molecule has 0 unspecified atom stereocenters. The van der Waals surface area contributed by atoms with Gasteiger partial charge < -0.3 is 5.11 Å². The Morgan fingerprint density at radius 1 is 0.895 bits per heavy atom. The number of rotatable bonds is 3. The van der Waals surface area contributed by atoms with Crippen molar-refractivity contribution in [1.29, 1.82) is 0 Å². The van der Waals surface area contributed by atoms with Gasteiger partial charge in [-0.3, -0.25) is 0 Å². The van der Waals surface area contributed by atoms with Gasteiger partial charge in [0.2, 0.25) is 0 Å². The number of aryl methyl sites for hydroxylation is 1. The first-order valence-corrected chi connectivity index (χ1v) is 6.16. The van der Waals surface area contributed by atoms with Crippen LogP contribution in [0.25, 0.3) is 5.57 Å². The molecule has 0 amide bonds. The highest BCUT2D eigenvalue weighted by Crippen LogP contribution is 2.27. The Morgan fingerprint density at radius 2 is 1.42 bits per heavy atom. The first-order chi connectivity index (χ1) is 9.09. The largest absolute Gasteiger partial charge is 0.478 e. The molecule has 0 saturated heterocycles. The zero-order valence-corrected chi connectivity index (χ0v) is 11.1. The first kappa shape index (κ1) is 13.1. The van der Waals surface area contributed by atoms with Crippen LogP contribution < -0.4 is 0 Å². The summed E-state index contributed by atoms with van der Waals surface area (Å²) >= 11 is 0. The van der Waals surface area contributed by atoms with E-state index in [-0.39, 0.29) is 0 Å². The molecule has 1 N–H and O–H groups in total. The van der Waals surface area contributed by atoms with Gasteiger partial charge in [0, 0.05) is 5.57 Å². The lowest BCUT2D eigenvalue weighted by atomic mass is 9.93. The number of carbonyl (C=O) groups is 1. The summed E-state index contributed by atoms with van der Waals surface area (Å²) in [6.45, 7) is 3.66. The number of aliphatic carboxylic acids is 1. The molecule has 2 nitrogen and oxygen atoms in total. The molecule has 0 spiro atoms. The summed E-state index contributed by atoms with van der Waals surface area (Å²) in [5.74, 6) is -0.889. The predicted molar refractivity (Wildman–Crippen MR) is 77.0 cm³/mol. The summed E-state index contributed by atoms with van der Waals surface area (Å²) in [5, 5.41) is 9.27. The molecular weight excluding hydrogens is 236 g/mol. The van der Waals surface area contributed by atoms with Crippen molar-refractivity contribution >= 4 is 11.5 Å². The van der Waals surface area contributed by atoms with Crippen LogP contribution >= 0.6 is 0 Å². The van der Waals surface area contributed by atoms with E-state index in [1.54, 1.807) is 6.92 Å². The Kier molecular flexibility index (Phi) is 3.81. The van der Waals surface area contributed by atoms with E-state index in [9.17, 15) is 9.90 Å². The van der Waals surface area contributed by atoms with Crippen LogP contribution in [0.5, 0.6) is 0 Å². The highest BCUT2D eigenvalue weighted by molar-refractivity contribution is 6.00. The lowest BCUT2D eigenvalue weighted by Crippen LogP contribution is -2.02. The Hall–Kier alpha value is -2.35. The number of carboxylic acid groups (broad SMARTS) is 1. The third-order valence-corrected chi connectivity index (χ3v) is 3.10. The molecule has 0 aliphatic heterocycles. The second-order valence-corrected chi connectivity index (χ2v) is 4.54. The van der Waals surface area contributed by atoms with Crippen LogP contribution in [0.1, 0.15) is 23.6 Å². The normalized spacial score (nSPS) is 11.9. The Bertz CT molecular complexity index is 607. The number of carboxylic acids is 1. The van der Waals surface area contributed by atoms with E-state index >= 15 is 0 Å². The average Bonchev–Trinajstić information content (AvgIpc) is 2.42. The Labute approximate surface area is 113 Å². The fourth-order valence-electron chi connectivity index (χ4n) is 2.03. The highest BCUT2D eigenvalue weighted by Gasteiger charge is 2.13. The summed E-state index contributed by atoms with van der Waals surface area (Å²) in [4.78, 5) is 11.3. The van der Waals surface area contributed by atoms with E-state index in [1.807, 2.05) is 61.5 Å². The monoisotopic (exact) mass is 252 g/mol. The van der Waals surface area contributed by atoms with E-state index < -0.39 is 5.97 Å². The molecule has 0 fully saturated rings. The predicted octanol–water partition coefficient (Wildman–Crippen LogP) is 3.90. The van der Waals surface area contributed by atoms with Crippen LogP contribution in [-0.2, 0) is 4.79 Å². The van der Waals surface area contributed by atoms with Gasteiger partial charge in [-0.2, -0.15) is 0 Å². The third kappa shape index (κ3) is 2.91. The molecule has 0 saturated carbocycles. The summed E-state index contributed by atoms with van der Waals surface area (Å²) in [7, 11) is 0. The van der Waals surface area contributed by atoms with Crippen molar-refractivity contribution in [2.75, 3.05) is 0 Å². The van der Waals surface area contributed by atoms with Gasteiger partial charge in [0.25, 0.3) is 0 Å². The Balaban J connectivity index is 2.63. The molecule has 96 valence electrons. The van der Waals surface area contributed by atoms with Gasteiger partial charge in [-0.25, -0.2) is 4.79 Å². The zero-order chi connectivity index (χ0) is 13.8. The maximum atomic E-state index is 11.3. The first-order valence-electron chi connectivity index (χ1n) is 6.16. The van der Waals surface area contributed by atoms with Crippen molar-refractivity contribution in [3.8, 4) is 0 Å². The third-order valence-electron chi connectivity index (χ3n) is 3.10. The maximum Gasteiger partial charge on any atom is 0.331 e. The van der Waals surface area contributed by atoms with Crippen molar-refractivity contribution in [2.24, 2.45) is 0 Å². The minimum Gasteiger partial charge on any atom is -0.478 e. The molecule has 2 rings (SSSR count). The molecule has 2 aromatic rings. The summed E-state index contributed by atoms with van der Waals surface area (Å²) in [5.41, 5.74) is 4.13. The van der Waals surface area contributed by atoms with Crippen molar-refractivity contribution in [2.45, 2.75) is 13.8 Å². The average molecular weight is 252 g/mol. The molecule has 2 heteroatoms. The van der Waals surface area contributed by atoms with Crippen LogP contribution in [0.2, 0.25) is 0 Å². The Morgan fingerprint density at radius 3 is 1.95 bits per heavy atom. The van der Waals surface area contributed by atoms with E-state index in [0.717, 1.165) is 22.3 Å². The molecule has 2 aromatic carbocycles. The molecule has 0 atom stereocenters. The molecule has 19 heavy (non-hydrogen) atoms.